The lowest BCUT2D eigenvalue weighted by Gasteiger charge is -2.16. The second-order valence-electron chi connectivity index (χ2n) is 8.46. The third kappa shape index (κ3) is 5.54. The molecule has 1 aliphatic heterocycles. The first-order valence-corrected chi connectivity index (χ1v) is 12.3. The number of amides is 3. The highest BCUT2D eigenvalue weighted by molar-refractivity contribution is 6.53. The Kier molecular flexibility index (Phi) is 8.22. The van der Waals surface area contributed by atoms with Crippen molar-refractivity contribution < 1.29 is 33.4 Å². The number of nitrogens with zero attached hydrogens (tertiary/aromatic N) is 1. The number of hydrogen-bond donors (Lipinski definition) is 2. The minimum absolute atomic E-state index is 0.0169. The van der Waals surface area contributed by atoms with E-state index in [-0.39, 0.29) is 38.8 Å². The molecule has 1 aliphatic rings. The second kappa shape index (κ2) is 11.6. The Bertz CT molecular complexity index is 1600. The molecule has 0 saturated carbocycles. The summed E-state index contributed by atoms with van der Waals surface area (Å²) in [5, 5.41) is 5.59. The van der Waals surface area contributed by atoms with Gasteiger partial charge in [0.15, 0.2) is 0 Å². The summed E-state index contributed by atoms with van der Waals surface area (Å²) in [4.78, 5) is 64.2. The van der Waals surface area contributed by atoms with Gasteiger partial charge in [-0.3, -0.25) is 14.4 Å². The zero-order valence-electron chi connectivity index (χ0n) is 21.3. The molecule has 40 heavy (non-hydrogen) atoms. The van der Waals surface area contributed by atoms with Gasteiger partial charge in [-0.15, -0.1) is 0 Å². The SMILES string of the molecule is COC(=O)c1ccc(C(=O)OC)c(NC(=O)c2ccc(C)c(NC3=C(Cl)C(=O)N(c4ccc(Cl)cc4)C3=O)c2)c1. The molecular formula is C28H21Cl2N3O7. The summed E-state index contributed by atoms with van der Waals surface area (Å²) < 4.78 is 9.48. The van der Waals surface area contributed by atoms with Crippen LogP contribution >= 0.6 is 23.2 Å². The van der Waals surface area contributed by atoms with Crippen molar-refractivity contribution >= 4 is 69.9 Å². The molecule has 3 aromatic rings. The number of halogens is 2. The van der Waals surface area contributed by atoms with Crippen LogP contribution in [0.1, 0.15) is 36.6 Å². The zero-order chi connectivity index (χ0) is 29.1. The van der Waals surface area contributed by atoms with Gasteiger partial charge in [0, 0.05) is 16.3 Å². The van der Waals surface area contributed by atoms with Gasteiger partial charge >= 0.3 is 11.9 Å². The number of methoxy groups -OCH3 is 2. The third-order valence-corrected chi connectivity index (χ3v) is 6.57. The van der Waals surface area contributed by atoms with Crippen molar-refractivity contribution in [3.05, 3.63) is 98.7 Å². The summed E-state index contributed by atoms with van der Waals surface area (Å²) in [6, 6.07) is 14.7. The highest BCUT2D eigenvalue weighted by Gasteiger charge is 2.39. The van der Waals surface area contributed by atoms with Crippen LogP contribution in [-0.4, -0.2) is 43.9 Å². The van der Waals surface area contributed by atoms with Crippen molar-refractivity contribution in [2.24, 2.45) is 0 Å². The fourth-order valence-electron chi connectivity index (χ4n) is 3.84. The molecule has 204 valence electrons. The van der Waals surface area contributed by atoms with E-state index in [0.717, 1.165) is 4.90 Å². The number of carbonyl (C=O) groups excluding carboxylic acids is 5. The summed E-state index contributed by atoms with van der Waals surface area (Å²) in [5.41, 5.74) is 1.37. The molecule has 0 radical (unpaired) electrons. The van der Waals surface area contributed by atoms with Gasteiger partial charge < -0.3 is 20.1 Å². The molecule has 0 saturated heterocycles. The van der Waals surface area contributed by atoms with Gasteiger partial charge in [0.05, 0.1) is 36.7 Å². The van der Waals surface area contributed by atoms with Crippen LogP contribution < -0.4 is 15.5 Å². The Hall–Kier alpha value is -4.67. The van der Waals surface area contributed by atoms with E-state index in [9.17, 15) is 24.0 Å². The zero-order valence-corrected chi connectivity index (χ0v) is 22.8. The smallest absolute Gasteiger partial charge is 0.339 e. The van der Waals surface area contributed by atoms with Gasteiger partial charge in [-0.2, -0.15) is 0 Å². The number of esters is 2. The summed E-state index contributed by atoms with van der Waals surface area (Å²) in [5.74, 6) is -3.43. The minimum Gasteiger partial charge on any atom is -0.465 e. The number of aryl methyl sites for hydroxylation is 1. The number of benzene rings is 3. The van der Waals surface area contributed by atoms with E-state index in [2.05, 4.69) is 10.6 Å². The number of imide groups is 1. The largest absolute Gasteiger partial charge is 0.465 e. The minimum atomic E-state index is -0.728. The van der Waals surface area contributed by atoms with Gasteiger partial charge in [0.25, 0.3) is 17.7 Å². The summed E-state index contributed by atoms with van der Waals surface area (Å²) in [6.07, 6.45) is 0. The summed E-state index contributed by atoms with van der Waals surface area (Å²) in [7, 11) is 2.39. The normalized spacial score (nSPS) is 12.9. The number of anilines is 3. The van der Waals surface area contributed by atoms with E-state index < -0.39 is 29.7 Å². The fraction of sp³-hybridized carbons (Fsp3) is 0.107. The Labute approximate surface area is 238 Å². The molecule has 0 bridgehead atoms. The molecule has 0 unspecified atom stereocenters. The standard InChI is InChI=1S/C28H21Cl2N3O7/c1-14-4-5-15(24(34)32-21-13-16(27(37)39-2)6-11-19(21)28(38)40-3)12-20(14)31-23-22(30)25(35)33(26(23)36)18-9-7-17(29)8-10-18/h4-13,31H,1-3H3,(H,32,34). The first-order chi connectivity index (χ1) is 19.0. The number of rotatable bonds is 7. The van der Waals surface area contributed by atoms with Crippen LogP contribution in [0.25, 0.3) is 0 Å². The van der Waals surface area contributed by atoms with Crippen molar-refractivity contribution in [3.8, 4) is 0 Å². The van der Waals surface area contributed by atoms with Crippen LogP contribution in [0.15, 0.2) is 71.4 Å². The maximum Gasteiger partial charge on any atom is 0.339 e. The van der Waals surface area contributed by atoms with Gasteiger partial charge in [-0.1, -0.05) is 29.3 Å². The molecule has 3 aromatic carbocycles. The average Bonchev–Trinajstić information content (AvgIpc) is 3.16. The molecule has 0 fully saturated rings. The monoisotopic (exact) mass is 581 g/mol. The van der Waals surface area contributed by atoms with Gasteiger partial charge in [0.1, 0.15) is 10.7 Å². The molecule has 0 spiro atoms. The van der Waals surface area contributed by atoms with Crippen LogP contribution in [0.5, 0.6) is 0 Å². The van der Waals surface area contributed by atoms with Gasteiger partial charge in [-0.05, 0) is 67.1 Å². The molecule has 1 heterocycles. The van der Waals surface area contributed by atoms with E-state index in [1.807, 2.05) is 0 Å². The first kappa shape index (κ1) is 28.3. The predicted octanol–water partition coefficient (Wildman–Crippen LogP) is 4.91. The topological polar surface area (TPSA) is 131 Å². The molecule has 2 N–H and O–H groups in total. The number of carbonyl (C=O) groups is 5. The second-order valence-corrected chi connectivity index (χ2v) is 9.28. The lowest BCUT2D eigenvalue weighted by molar-refractivity contribution is -0.120. The predicted molar refractivity (Wildman–Crippen MR) is 149 cm³/mol. The van der Waals surface area contributed by atoms with Crippen molar-refractivity contribution in [2.75, 3.05) is 29.8 Å². The third-order valence-electron chi connectivity index (χ3n) is 5.97. The Balaban J connectivity index is 1.62. The molecule has 0 aromatic heterocycles. The van der Waals surface area contributed by atoms with Crippen LogP contribution in [-0.2, 0) is 19.1 Å². The highest BCUT2D eigenvalue weighted by atomic mass is 35.5. The Morgan fingerprint density at radius 1 is 0.775 bits per heavy atom. The van der Waals surface area contributed by atoms with Gasteiger partial charge in [0.2, 0.25) is 0 Å². The quantitative estimate of drug-likeness (QED) is 0.297. The molecule has 12 heteroatoms. The first-order valence-electron chi connectivity index (χ1n) is 11.6. The van der Waals surface area contributed by atoms with Crippen LogP contribution in [0.2, 0.25) is 5.02 Å². The average molecular weight is 582 g/mol. The van der Waals surface area contributed by atoms with E-state index >= 15 is 0 Å². The molecule has 4 rings (SSSR count). The highest BCUT2D eigenvalue weighted by Crippen LogP contribution is 2.32. The van der Waals surface area contributed by atoms with Crippen molar-refractivity contribution in [1.29, 1.82) is 0 Å². The van der Waals surface area contributed by atoms with Crippen molar-refractivity contribution in [1.82, 2.24) is 0 Å². The maximum absolute atomic E-state index is 13.2. The lowest BCUT2D eigenvalue weighted by atomic mass is 10.1. The number of hydrogen-bond acceptors (Lipinski definition) is 8. The number of ether oxygens (including phenoxy) is 2. The van der Waals surface area contributed by atoms with Gasteiger partial charge in [-0.25, -0.2) is 14.5 Å². The van der Waals surface area contributed by atoms with E-state index in [0.29, 0.717) is 16.3 Å². The van der Waals surface area contributed by atoms with Crippen molar-refractivity contribution in [2.45, 2.75) is 6.92 Å². The van der Waals surface area contributed by atoms with Crippen molar-refractivity contribution in [3.63, 3.8) is 0 Å². The molecule has 10 nitrogen and oxygen atoms in total. The Morgan fingerprint density at radius 2 is 1.40 bits per heavy atom. The van der Waals surface area contributed by atoms with Crippen LogP contribution in [0, 0.1) is 6.92 Å². The van der Waals surface area contributed by atoms with Crippen LogP contribution in [0.3, 0.4) is 0 Å². The van der Waals surface area contributed by atoms with E-state index in [4.69, 9.17) is 32.7 Å². The van der Waals surface area contributed by atoms with Crippen LogP contribution in [0.4, 0.5) is 17.1 Å². The summed E-state index contributed by atoms with van der Waals surface area (Å²) >= 11 is 12.2. The summed E-state index contributed by atoms with van der Waals surface area (Å²) in [6.45, 7) is 1.73. The lowest BCUT2D eigenvalue weighted by Crippen LogP contribution is -2.32. The Morgan fingerprint density at radius 3 is 2.05 bits per heavy atom. The molecule has 3 amide bonds. The van der Waals surface area contributed by atoms with E-state index in [1.165, 1.54) is 68.8 Å². The fourth-order valence-corrected chi connectivity index (χ4v) is 4.18. The van der Waals surface area contributed by atoms with E-state index in [1.54, 1.807) is 13.0 Å². The molecule has 0 aliphatic carbocycles. The molecular weight excluding hydrogens is 561 g/mol. The molecule has 0 atom stereocenters. The number of nitrogens with one attached hydrogen (secondary N) is 2. The maximum atomic E-state index is 13.2.